The molecule has 1 unspecified atom stereocenters. The van der Waals surface area contributed by atoms with Crippen molar-refractivity contribution in [2.45, 2.75) is 23.2 Å². The average molecular weight is 303 g/mol. The number of amides is 1. The highest BCUT2D eigenvalue weighted by molar-refractivity contribution is 7.82. The SMILES string of the molecule is N[C@@H](Cc1ccccc1)C(=O)N[C@H](C(=O)O)C(S)Cl. The van der Waals surface area contributed by atoms with E-state index in [1.807, 2.05) is 30.3 Å². The van der Waals surface area contributed by atoms with Crippen molar-refractivity contribution in [3.05, 3.63) is 35.9 Å². The third-order valence-corrected chi connectivity index (χ3v) is 3.02. The first-order valence-corrected chi connectivity index (χ1v) is 6.52. The molecule has 0 fully saturated rings. The fourth-order valence-electron chi connectivity index (χ4n) is 1.47. The Morgan fingerprint density at radius 2 is 1.95 bits per heavy atom. The van der Waals surface area contributed by atoms with E-state index in [4.69, 9.17) is 22.4 Å². The van der Waals surface area contributed by atoms with Crippen LogP contribution in [0.15, 0.2) is 30.3 Å². The summed E-state index contributed by atoms with van der Waals surface area (Å²) >= 11 is 9.38. The van der Waals surface area contributed by atoms with Crippen molar-refractivity contribution in [2.75, 3.05) is 0 Å². The number of halogens is 1. The molecule has 0 aliphatic rings. The van der Waals surface area contributed by atoms with Gasteiger partial charge in [-0.25, -0.2) is 4.79 Å². The predicted molar refractivity (Wildman–Crippen MR) is 76.3 cm³/mol. The van der Waals surface area contributed by atoms with Crippen LogP contribution >= 0.6 is 24.2 Å². The summed E-state index contributed by atoms with van der Waals surface area (Å²) < 4.78 is -1.02. The summed E-state index contributed by atoms with van der Waals surface area (Å²) in [5, 5.41) is 11.1. The molecule has 0 bridgehead atoms. The van der Waals surface area contributed by atoms with Crippen LogP contribution < -0.4 is 11.1 Å². The smallest absolute Gasteiger partial charge is 0.328 e. The number of carboxylic acids is 1. The average Bonchev–Trinajstić information content (AvgIpc) is 2.35. The predicted octanol–water partition coefficient (Wildman–Crippen LogP) is 0.621. The lowest BCUT2D eigenvalue weighted by Crippen LogP contribution is -2.51. The van der Waals surface area contributed by atoms with Gasteiger partial charge in [0.2, 0.25) is 5.91 Å². The summed E-state index contributed by atoms with van der Waals surface area (Å²) in [6, 6.07) is 7.09. The third-order valence-electron chi connectivity index (χ3n) is 2.47. The molecule has 0 radical (unpaired) electrons. The van der Waals surface area contributed by atoms with Crippen LogP contribution in [0.25, 0.3) is 0 Å². The van der Waals surface area contributed by atoms with Gasteiger partial charge in [-0.05, 0) is 12.0 Å². The first kappa shape index (κ1) is 15.8. The molecule has 0 spiro atoms. The molecule has 19 heavy (non-hydrogen) atoms. The Hall–Kier alpha value is -1.24. The van der Waals surface area contributed by atoms with Crippen LogP contribution in [0, 0.1) is 0 Å². The molecule has 1 aromatic carbocycles. The van der Waals surface area contributed by atoms with Crippen molar-refractivity contribution < 1.29 is 14.7 Å². The van der Waals surface area contributed by atoms with Crippen molar-refractivity contribution in [1.29, 1.82) is 0 Å². The van der Waals surface area contributed by atoms with Gasteiger partial charge in [-0.1, -0.05) is 30.3 Å². The Labute approximate surface area is 121 Å². The Morgan fingerprint density at radius 1 is 1.37 bits per heavy atom. The van der Waals surface area contributed by atoms with Crippen LogP contribution in [-0.4, -0.2) is 33.8 Å². The zero-order valence-electron chi connectivity index (χ0n) is 9.99. The minimum atomic E-state index is -1.28. The van der Waals surface area contributed by atoms with Gasteiger partial charge in [0, 0.05) is 0 Å². The van der Waals surface area contributed by atoms with Gasteiger partial charge in [0.15, 0.2) is 6.04 Å². The van der Waals surface area contributed by atoms with Gasteiger partial charge in [0.25, 0.3) is 0 Å². The topological polar surface area (TPSA) is 92.4 Å². The molecule has 0 heterocycles. The number of nitrogens with two attached hydrogens (primary N) is 1. The van der Waals surface area contributed by atoms with Gasteiger partial charge >= 0.3 is 5.97 Å². The number of benzene rings is 1. The molecule has 0 saturated heterocycles. The van der Waals surface area contributed by atoms with E-state index in [1.165, 1.54) is 0 Å². The Morgan fingerprint density at radius 3 is 2.42 bits per heavy atom. The highest BCUT2D eigenvalue weighted by Crippen LogP contribution is 2.08. The standard InChI is InChI=1S/C12H15ClN2O3S/c13-10(19)9(12(17)18)15-11(16)8(14)6-7-4-2-1-3-5-7/h1-5,8-10,19H,6,14H2,(H,15,16)(H,17,18)/t8-,9-,10?/m0/s1. The maximum atomic E-state index is 11.8. The fraction of sp³-hybridized carbons (Fsp3) is 0.333. The van der Waals surface area contributed by atoms with Crippen molar-refractivity contribution in [2.24, 2.45) is 5.73 Å². The number of hydrogen-bond donors (Lipinski definition) is 4. The molecular weight excluding hydrogens is 288 g/mol. The molecule has 0 saturated carbocycles. The summed E-state index contributed by atoms with van der Waals surface area (Å²) in [6.07, 6.45) is 0.318. The van der Waals surface area contributed by atoms with Crippen LogP contribution in [0.3, 0.4) is 0 Å². The molecule has 0 aliphatic carbocycles. The van der Waals surface area contributed by atoms with Gasteiger partial charge in [-0.3, -0.25) is 4.79 Å². The largest absolute Gasteiger partial charge is 0.480 e. The highest BCUT2D eigenvalue weighted by Gasteiger charge is 2.27. The minimum absolute atomic E-state index is 0.318. The van der Waals surface area contributed by atoms with E-state index in [9.17, 15) is 9.59 Å². The summed E-state index contributed by atoms with van der Waals surface area (Å²) in [5.41, 5.74) is 6.62. The molecule has 1 amide bonds. The lowest BCUT2D eigenvalue weighted by Gasteiger charge is -2.19. The molecule has 0 aromatic heterocycles. The molecule has 7 heteroatoms. The summed E-state index contributed by atoms with van der Waals surface area (Å²) in [5.74, 6) is -1.83. The normalized spacial score (nSPS) is 15.3. The summed E-state index contributed by atoms with van der Waals surface area (Å²) in [6.45, 7) is 0. The lowest BCUT2D eigenvalue weighted by atomic mass is 10.1. The van der Waals surface area contributed by atoms with Gasteiger partial charge in [-0.15, -0.1) is 11.6 Å². The number of carbonyl (C=O) groups excluding carboxylic acids is 1. The quantitative estimate of drug-likeness (QED) is 0.458. The number of nitrogens with one attached hydrogen (secondary N) is 1. The number of rotatable bonds is 6. The number of carbonyl (C=O) groups is 2. The van der Waals surface area contributed by atoms with Crippen molar-refractivity contribution >= 4 is 36.1 Å². The molecule has 0 aliphatic heterocycles. The molecule has 5 nitrogen and oxygen atoms in total. The maximum absolute atomic E-state index is 11.8. The summed E-state index contributed by atoms with van der Waals surface area (Å²) in [7, 11) is 0. The van der Waals surface area contributed by atoms with E-state index in [2.05, 4.69) is 17.9 Å². The number of thiol groups is 1. The summed E-state index contributed by atoms with van der Waals surface area (Å²) in [4.78, 5) is 22.6. The zero-order valence-corrected chi connectivity index (χ0v) is 11.6. The molecule has 4 N–H and O–H groups in total. The maximum Gasteiger partial charge on any atom is 0.328 e. The first-order chi connectivity index (χ1) is 8.91. The van der Waals surface area contributed by atoms with E-state index < -0.39 is 28.7 Å². The van der Waals surface area contributed by atoms with E-state index in [0.29, 0.717) is 6.42 Å². The number of carboxylic acid groups (broad SMARTS) is 1. The lowest BCUT2D eigenvalue weighted by molar-refractivity contribution is -0.141. The van der Waals surface area contributed by atoms with E-state index in [0.717, 1.165) is 5.56 Å². The van der Waals surface area contributed by atoms with Crippen molar-refractivity contribution in [3.8, 4) is 0 Å². The van der Waals surface area contributed by atoms with Crippen LogP contribution in [0.2, 0.25) is 0 Å². The minimum Gasteiger partial charge on any atom is -0.480 e. The number of aliphatic carboxylic acids is 1. The van der Waals surface area contributed by atoms with E-state index >= 15 is 0 Å². The van der Waals surface area contributed by atoms with E-state index in [-0.39, 0.29) is 0 Å². The second-order valence-electron chi connectivity index (χ2n) is 3.99. The monoisotopic (exact) mass is 302 g/mol. The van der Waals surface area contributed by atoms with Gasteiger partial charge < -0.3 is 16.2 Å². The van der Waals surface area contributed by atoms with Crippen LogP contribution in [0.1, 0.15) is 5.56 Å². The van der Waals surface area contributed by atoms with Crippen LogP contribution in [0.4, 0.5) is 0 Å². The van der Waals surface area contributed by atoms with Gasteiger partial charge in [0.05, 0.1) is 6.04 Å². The Kier molecular flexibility index (Phi) is 6.14. The number of alkyl halides is 1. The Bertz CT molecular complexity index is 442. The van der Waals surface area contributed by atoms with Crippen molar-refractivity contribution in [3.63, 3.8) is 0 Å². The van der Waals surface area contributed by atoms with Crippen LogP contribution in [0.5, 0.6) is 0 Å². The van der Waals surface area contributed by atoms with Gasteiger partial charge in [0.1, 0.15) is 4.71 Å². The molecule has 3 atom stereocenters. The molecule has 104 valence electrons. The van der Waals surface area contributed by atoms with Crippen LogP contribution in [-0.2, 0) is 16.0 Å². The van der Waals surface area contributed by atoms with E-state index in [1.54, 1.807) is 0 Å². The zero-order chi connectivity index (χ0) is 14.4. The second kappa shape index (κ2) is 7.37. The molecular formula is C12H15ClN2O3S. The third kappa shape index (κ3) is 5.10. The van der Waals surface area contributed by atoms with Crippen molar-refractivity contribution in [1.82, 2.24) is 5.32 Å². The van der Waals surface area contributed by atoms with Gasteiger partial charge in [-0.2, -0.15) is 12.6 Å². The fourth-order valence-corrected chi connectivity index (χ4v) is 1.84. The molecule has 1 aromatic rings. The second-order valence-corrected chi connectivity index (χ2v) is 5.32. The molecule has 1 rings (SSSR count). The highest BCUT2D eigenvalue weighted by atomic mass is 35.5. The first-order valence-electron chi connectivity index (χ1n) is 5.56. The Balaban J connectivity index is 2.60. The number of hydrogen-bond acceptors (Lipinski definition) is 4.